The molecule has 7 heteroatoms. The summed E-state index contributed by atoms with van der Waals surface area (Å²) in [6.45, 7) is 3.94. The molecule has 1 unspecified atom stereocenters. The van der Waals surface area contributed by atoms with Crippen LogP contribution in [-0.2, 0) is 11.2 Å². The molecule has 2 N–H and O–H groups in total. The molecule has 5 nitrogen and oxygen atoms in total. The van der Waals surface area contributed by atoms with Crippen LogP contribution in [0.4, 0.5) is 5.69 Å². The van der Waals surface area contributed by atoms with E-state index in [-0.39, 0.29) is 36.4 Å². The highest BCUT2D eigenvalue weighted by molar-refractivity contribution is 14.0. The molecule has 1 aliphatic heterocycles. The van der Waals surface area contributed by atoms with Gasteiger partial charge in [-0.25, -0.2) is 0 Å². The van der Waals surface area contributed by atoms with Gasteiger partial charge in [-0.15, -0.1) is 24.0 Å². The molecular weight excluding hydrogens is 459 g/mol. The first-order valence-electron chi connectivity index (χ1n) is 8.54. The molecule has 0 spiro atoms. The lowest BCUT2D eigenvalue weighted by molar-refractivity contribution is -0.117. The van der Waals surface area contributed by atoms with Crippen molar-refractivity contribution in [3.63, 3.8) is 0 Å². The number of carbonyl (C=O) groups excluding carboxylic acids is 1. The number of amides is 1. The van der Waals surface area contributed by atoms with E-state index in [1.807, 2.05) is 23.1 Å². The summed E-state index contributed by atoms with van der Waals surface area (Å²) in [4.78, 5) is 18.6. The second kappa shape index (κ2) is 9.91. The number of hydrogen-bond acceptors (Lipinski definition) is 3. The van der Waals surface area contributed by atoms with Gasteiger partial charge in [0.25, 0.3) is 0 Å². The minimum Gasteiger partial charge on any atom is -0.356 e. The molecule has 0 bridgehead atoms. The van der Waals surface area contributed by atoms with Gasteiger partial charge in [-0.3, -0.25) is 9.79 Å². The summed E-state index contributed by atoms with van der Waals surface area (Å²) in [6.07, 6.45) is 0.924. The van der Waals surface area contributed by atoms with Gasteiger partial charge in [-0.2, -0.15) is 11.3 Å². The van der Waals surface area contributed by atoms with Gasteiger partial charge in [0.1, 0.15) is 0 Å². The molecule has 26 heavy (non-hydrogen) atoms. The third-order valence-corrected chi connectivity index (χ3v) is 5.21. The number of benzene rings is 1. The Morgan fingerprint density at radius 2 is 2.12 bits per heavy atom. The zero-order valence-corrected chi connectivity index (χ0v) is 18.2. The monoisotopic (exact) mass is 484 g/mol. The fourth-order valence-electron chi connectivity index (χ4n) is 3.00. The Kier molecular flexibility index (Phi) is 7.89. The van der Waals surface area contributed by atoms with Crippen molar-refractivity contribution in [2.24, 2.45) is 4.99 Å². The van der Waals surface area contributed by atoms with Gasteiger partial charge in [0.05, 0.1) is 6.54 Å². The Bertz CT molecular complexity index is 748. The highest BCUT2D eigenvalue weighted by atomic mass is 127. The minimum absolute atomic E-state index is 0. The first kappa shape index (κ1) is 20.7. The van der Waals surface area contributed by atoms with Gasteiger partial charge in [0.2, 0.25) is 5.91 Å². The fraction of sp³-hybridized carbons (Fsp3) is 0.368. The molecule has 0 radical (unpaired) electrons. The number of aliphatic imine (C=N–C) groups is 1. The van der Waals surface area contributed by atoms with E-state index in [4.69, 9.17) is 0 Å². The highest BCUT2D eigenvalue weighted by Gasteiger charge is 2.23. The van der Waals surface area contributed by atoms with E-state index in [0.29, 0.717) is 11.9 Å². The first-order chi connectivity index (χ1) is 12.2. The van der Waals surface area contributed by atoms with Crippen molar-refractivity contribution < 1.29 is 4.79 Å². The van der Waals surface area contributed by atoms with Crippen LogP contribution in [0.3, 0.4) is 0 Å². The van der Waals surface area contributed by atoms with Crippen LogP contribution in [0.2, 0.25) is 0 Å². The molecule has 1 amide bonds. The van der Waals surface area contributed by atoms with Gasteiger partial charge >= 0.3 is 0 Å². The molecular formula is C19H25IN4OS. The molecule has 1 atom stereocenters. The van der Waals surface area contributed by atoms with Crippen LogP contribution in [-0.4, -0.2) is 38.5 Å². The summed E-state index contributed by atoms with van der Waals surface area (Å²) in [7, 11) is 1.72. The summed E-state index contributed by atoms with van der Waals surface area (Å²) in [5.74, 6) is 1.12. The summed E-state index contributed by atoms with van der Waals surface area (Å²) in [5.41, 5.74) is 3.59. The molecule has 2 heterocycles. The number of guanidine groups is 1. The summed E-state index contributed by atoms with van der Waals surface area (Å²) >= 11 is 1.71. The summed E-state index contributed by atoms with van der Waals surface area (Å²) in [6, 6.07) is 10.2. The summed E-state index contributed by atoms with van der Waals surface area (Å²) in [5, 5.41) is 10.7. The van der Waals surface area contributed by atoms with Crippen LogP contribution < -0.4 is 15.5 Å². The van der Waals surface area contributed by atoms with E-state index in [2.05, 4.69) is 45.4 Å². The van der Waals surface area contributed by atoms with Crippen LogP contribution in [0.25, 0.3) is 0 Å². The first-order valence-corrected chi connectivity index (χ1v) is 9.48. The number of halogens is 1. The van der Waals surface area contributed by atoms with Gasteiger partial charge in [-0.1, -0.05) is 25.1 Å². The number of anilines is 1. The fourth-order valence-corrected chi connectivity index (χ4v) is 3.78. The van der Waals surface area contributed by atoms with Crippen LogP contribution >= 0.6 is 35.3 Å². The Hall–Kier alpha value is -1.61. The number of fused-ring (bicyclic) bond motifs is 1. The van der Waals surface area contributed by atoms with Gasteiger partial charge in [0.15, 0.2) is 5.96 Å². The number of para-hydroxylation sites is 1. The topological polar surface area (TPSA) is 56.7 Å². The zero-order chi connectivity index (χ0) is 17.6. The van der Waals surface area contributed by atoms with E-state index < -0.39 is 0 Å². The average Bonchev–Trinajstić information content (AvgIpc) is 3.31. The molecule has 1 aromatic carbocycles. The van der Waals surface area contributed by atoms with E-state index in [1.165, 1.54) is 11.1 Å². The molecule has 1 aliphatic rings. The molecule has 2 aromatic rings. The third kappa shape index (κ3) is 4.97. The Morgan fingerprint density at radius 1 is 1.31 bits per heavy atom. The van der Waals surface area contributed by atoms with E-state index >= 15 is 0 Å². The highest BCUT2D eigenvalue weighted by Crippen LogP contribution is 2.27. The average molecular weight is 484 g/mol. The zero-order valence-electron chi connectivity index (χ0n) is 15.1. The van der Waals surface area contributed by atoms with E-state index in [9.17, 15) is 4.79 Å². The maximum atomic E-state index is 12.5. The van der Waals surface area contributed by atoms with Crippen molar-refractivity contribution in [2.75, 3.05) is 31.6 Å². The van der Waals surface area contributed by atoms with Crippen molar-refractivity contribution in [1.82, 2.24) is 10.6 Å². The van der Waals surface area contributed by atoms with Gasteiger partial charge in [0, 0.05) is 25.8 Å². The Labute approximate surface area is 175 Å². The number of hydrogen-bond donors (Lipinski definition) is 2. The third-order valence-electron chi connectivity index (χ3n) is 4.51. The number of nitrogens with one attached hydrogen (secondary N) is 2. The lowest BCUT2D eigenvalue weighted by Crippen LogP contribution is -2.45. The van der Waals surface area contributed by atoms with Crippen LogP contribution in [0, 0.1) is 0 Å². The largest absolute Gasteiger partial charge is 0.356 e. The quantitative estimate of drug-likeness (QED) is 0.390. The van der Waals surface area contributed by atoms with Gasteiger partial charge in [-0.05, 0) is 46.4 Å². The predicted octanol–water partition coefficient (Wildman–Crippen LogP) is 3.22. The standard InChI is InChI=1S/C19H24N4OS.HI/c1-14(16-8-10-25-13-16)11-21-19(20-2)22-12-18(24)23-9-7-15-5-3-4-6-17(15)23;/h3-6,8,10,13-14H,7,9,11-12H2,1-2H3,(H2,20,21,22);1H. The van der Waals surface area contributed by atoms with Crippen molar-refractivity contribution in [3.05, 3.63) is 52.2 Å². The smallest absolute Gasteiger partial charge is 0.246 e. The molecule has 0 fully saturated rings. The molecule has 0 aliphatic carbocycles. The second-order valence-corrected chi connectivity index (χ2v) is 6.97. The maximum absolute atomic E-state index is 12.5. The van der Waals surface area contributed by atoms with Crippen LogP contribution in [0.5, 0.6) is 0 Å². The minimum atomic E-state index is 0. The predicted molar refractivity (Wildman–Crippen MR) is 120 cm³/mol. The lowest BCUT2D eigenvalue weighted by atomic mass is 10.1. The SMILES string of the molecule is CN=C(NCC(=O)N1CCc2ccccc21)NCC(C)c1ccsc1.I. The maximum Gasteiger partial charge on any atom is 0.246 e. The normalized spacial score (nSPS) is 14.4. The lowest BCUT2D eigenvalue weighted by Gasteiger charge is -2.19. The molecule has 0 saturated heterocycles. The van der Waals surface area contributed by atoms with Gasteiger partial charge < -0.3 is 15.5 Å². The van der Waals surface area contributed by atoms with Crippen molar-refractivity contribution in [1.29, 1.82) is 0 Å². The van der Waals surface area contributed by atoms with E-state index in [1.54, 1.807) is 18.4 Å². The number of carbonyl (C=O) groups is 1. The molecule has 3 rings (SSSR count). The van der Waals surface area contributed by atoms with E-state index in [0.717, 1.165) is 25.2 Å². The second-order valence-electron chi connectivity index (χ2n) is 6.19. The number of nitrogens with zero attached hydrogens (tertiary/aromatic N) is 2. The van der Waals surface area contributed by atoms with Crippen LogP contribution in [0.1, 0.15) is 24.0 Å². The molecule has 1 aromatic heterocycles. The Balaban J connectivity index is 0.00000243. The van der Waals surface area contributed by atoms with Crippen molar-refractivity contribution >= 4 is 52.9 Å². The van der Waals surface area contributed by atoms with Crippen molar-refractivity contribution in [2.45, 2.75) is 19.3 Å². The Morgan fingerprint density at radius 3 is 2.85 bits per heavy atom. The summed E-state index contributed by atoms with van der Waals surface area (Å²) < 4.78 is 0. The number of thiophene rings is 1. The number of rotatable bonds is 5. The van der Waals surface area contributed by atoms with Crippen LogP contribution in [0.15, 0.2) is 46.1 Å². The molecule has 140 valence electrons. The molecule has 0 saturated carbocycles. The van der Waals surface area contributed by atoms with Crippen molar-refractivity contribution in [3.8, 4) is 0 Å².